The van der Waals surface area contributed by atoms with E-state index in [0.29, 0.717) is 24.9 Å². The molecule has 0 bridgehead atoms. The van der Waals surface area contributed by atoms with Crippen molar-refractivity contribution < 1.29 is 8.42 Å². The first-order chi connectivity index (χ1) is 7.68. The average Bonchev–Trinajstić information content (AvgIpc) is 2.81. The Balaban J connectivity index is 1.81. The monoisotopic (exact) mass is 247 g/mol. The Morgan fingerprint density at radius 1 is 1.19 bits per heavy atom. The lowest BCUT2D eigenvalue weighted by Crippen LogP contribution is -2.47. The van der Waals surface area contributed by atoms with Gasteiger partial charge in [0.2, 0.25) is 10.0 Å². The van der Waals surface area contributed by atoms with E-state index in [0.717, 1.165) is 32.5 Å². The molecule has 0 aromatic heterocycles. The van der Waals surface area contributed by atoms with Gasteiger partial charge in [-0.15, -0.1) is 0 Å². The smallest absolute Gasteiger partial charge is 0.214 e. The molecule has 2 aliphatic heterocycles. The Labute approximate surface area is 97.6 Å². The SMILES string of the molecule is O=S(=O)(CCC1CCCN1)N1CCNCC1. The standard InChI is InChI=1S/C10H21N3O2S/c14-16(15,13-7-5-11-6-8-13)9-3-10-2-1-4-12-10/h10-12H,1-9H2. The Morgan fingerprint density at radius 3 is 2.56 bits per heavy atom. The van der Waals surface area contributed by atoms with E-state index in [1.54, 1.807) is 4.31 Å². The lowest BCUT2D eigenvalue weighted by Gasteiger charge is -2.27. The Hall–Kier alpha value is -0.170. The van der Waals surface area contributed by atoms with Gasteiger partial charge in [0, 0.05) is 32.2 Å². The summed E-state index contributed by atoms with van der Waals surface area (Å²) >= 11 is 0. The number of rotatable bonds is 4. The molecule has 1 atom stereocenters. The quantitative estimate of drug-likeness (QED) is 0.694. The molecule has 2 aliphatic rings. The number of hydrogen-bond donors (Lipinski definition) is 2. The van der Waals surface area contributed by atoms with Crippen LogP contribution in [0.2, 0.25) is 0 Å². The molecule has 2 heterocycles. The molecule has 0 aromatic carbocycles. The molecule has 0 radical (unpaired) electrons. The molecule has 5 nitrogen and oxygen atoms in total. The van der Waals surface area contributed by atoms with Crippen molar-refractivity contribution in [3.8, 4) is 0 Å². The molecular formula is C10H21N3O2S. The minimum atomic E-state index is -3.02. The van der Waals surface area contributed by atoms with Gasteiger partial charge >= 0.3 is 0 Å². The van der Waals surface area contributed by atoms with Gasteiger partial charge in [-0.2, -0.15) is 4.31 Å². The molecule has 0 amide bonds. The highest BCUT2D eigenvalue weighted by atomic mass is 32.2. The molecule has 6 heteroatoms. The average molecular weight is 247 g/mol. The van der Waals surface area contributed by atoms with Gasteiger partial charge in [-0.25, -0.2) is 8.42 Å². The highest BCUT2D eigenvalue weighted by molar-refractivity contribution is 7.89. The molecule has 1 unspecified atom stereocenters. The maximum Gasteiger partial charge on any atom is 0.214 e. The summed E-state index contributed by atoms with van der Waals surface area (Å²) in [5, 5.41) is 6.50. The minimum absolute atomic E-state index is 0.296. The molecule has 0 aromatic rings. The molecule has 2 saturated heterocycles. The number of hydrogen-bond acceptors (Lipinski definition) is 4. The van der Waals surface area contributed by atoms with Gasteiger partial charge in [-0.3, -0.25) is 0 Å². The second kappa shape index (κ2) is 5.44. The van der Waals surface area contributed by atoms with Crippen LogP contribution >= 0.6 is 0 Å². The fourth-order valence-electron chi connectivity index (χ4n) is 2.35. The van der Waals surface area contributed by atoms with Crippen molar-refractivity contribution in [1.29, 1.82) is 0 Å². The number of piperazine rings is 1. The van der Waals surface area contributed by atoms with Crippen LogP contribution in [0.5, 0.6) is 0 Å². The molecule has 16 heavy (non-hydrogen) atoms. The summed E-state index contributed by atoms with van der Waals surface area (Å²) in [6, 6.07) is 0.415. The second-order valence-electron chi connectivity index (χ2n) is 4.55. The van der Waals surface area contributed by atoms with E-state index >= 15 is 0 Å². The molecule has 2 N–H and O–H groups in total. The van der Waals surface area contributed by atoms with Crippen LogP contribution in [0.3, 0.4) is 0 Å². The van der Waals surface area contributed by atoms with Crippen molar-refractivity contribution in [2.45, 2.75) is 25.3 Å². The van der Waals surface area contributed by atoms with Crippen LogP contribution in [0.15, 0.2) is 0 Å². The molecule has 0 saturated carbocycles. The first kappa shape index (κ1) is 12.3. The lowest BCUT2D eigenvalue weighted by atomic mass is 10.2. The van der Waals surface area contributed by atoms with Crippen molar-refractivity contribution in [3.63, 3.8) is 0 Å². The van der Waals surface area contributed by atoms with Crippen LogP contribution in [-0.2, 0) is 10.0 Å². The summed E-state index contributed by atoms with van der Waals surface area (Å²) in [4.78, 5) is 0. The van der Waals surface area contributed by atoms with Gasteiger partial charge in [0.25, 0.3) is 0 Å². The van der Waals surface area contributed by atoms with Crippen LogP contribution < -0.4 is 10.6 Å². The zero-order valence-corrected chi connectivity index (χ0v) is 10.4. The van der Waals surface area contributed by atoms with Gasteiger partial charge in [-0.05, 0) is 25.8 Å². The number of nitrogens with one attached hydrogen (secondary N) is 2. The van der Waals surface area contributed by atoms with E-state index in [1.165, 1.54) is 6.42 Å². The van der Waals surface area contributed by atoms with Crippen molar-refractivity contribution in [2.75, 3.05) is 38.5 Å². The van der Waals surface area contributed by atoms with Crippen LogP contribution in [-0.4, -0.2) is 57.2 Å². The molecule has 0 spiro atoms. The van der Waals surface area contributed by atoms with E-state index in [2.05, 4.69) is 10.6 Å². The van der Waals surface area contributed by atoms with E-state index < -0.39 is 10.0 Å². The van der Waals surface area contributed by atoms with Crippen molar-refractivity contribution in [3.05, 3.63) is 0 Å². The fourth-order valence-corrected chi connectivity index (χ4v) is 3.93. The molecule has 0 aliphatic carbocycles. The number of sulfonamides is 1. The van der Waals surface area contributed by atoms with Gasteiger partial charge in [0.15, 0.2) is 0 Å². The second-order valence-corrected chi connectivity index (χ2v) is 6.64. The lowest BCUT2D eigenvalue weighted by molar-refractivity contribution is 0.358. The third-order valence-corrected chi connectivity index (χ3v) is 5.26. The summed E-state index contributed by atoms with van der Waals surface area (Å²) in [5.74, 6) is 0.296. The zero-order chi connectivity index (χ0) is 11.4. The van der Waals surface area contributed by atoms with Gasteiger partial charge in [-0.1, -0.05) is 0 Å². The van der Waals surface area contributed by atoms with E-state index in [-0.39, 0.29) is 0 Å². The van der Waals surface area contributed by atoms with Gasteiger partial charge in [0.05, 0.1) is 5.75 Å². The maximum atomic E-state index is 12.0. The highest BCUT2D eigenvalue weighted by Gasteiger charge is 2.25. The Morgan fingerprint density at radius 2 is 1.94 bits per heavy atom. The maximum absolute atomic E-state index is 12.0. The normalized spacial score (nSPS) is 28.4. The predicted octanol–water partition coefficient (Wildman–Crippen LogP) is -0.636. The summed E-state index contributed by atoms with van der Waals surface area (Å²) in [6.07, 6.45) is 3.06. The van der Waals surface area contributed by atoms with Crippen molar-refractivity contribution in [2.24, 2.45) is 0 Å². The summed E-state index contributed by atoms with van der Waals surface area (Å²) in [5.41, 5.74) is 0. The van der Waals surface area contributed by atoms with Crippen LogP contribution in [0.4, 0.5) is 0 Å². The van der Waals surface area contributed by atoms with Crippen LogP contribution in [0.1, 0.15) is 19.3 Å². The Bertz CT molecular complexity index is 306. The number of nitrogens with zero attached hydrogens (tertiary/aromatic N) is 1. The summed E-state index contributed by atoms with van der Waals surface area (Å²) in [6.45, 7) is 3.85. The summed E-state index contributed by atoms with van der Waals surface area (Å²) in [7, 11) is -3.02. The highest BCUT2D eigenvalue weighted by Crippen LogP contribution is 2.12. The zero-order valence-electron chi connectivity index (χ0n) is 9.61. The van der Waals surface area contributed by atoms with Crippen molar-refractivity contribution in [1.82, 2.24) is 14.9 Å². The van der Waals surface area contributed by atoms with Gasteiger partial charge in [0.1, 0.15) is 0 Å². The molecule has 2 rings (SSSR count). The third kappa shape index (κ3) is 3.16. The Kier molecular flexibility index (Phi) is 4.18. The minimum Gasteiger partial charge on any atom is -0.314 e. The molecule has 94 valence electrons. The van der Waals surface area contributed by atoms with Gasteiger partial charge < -0.3 is 10.6 Å². The van der Waals surface area contributed by atoms with E-state index in [9.17, 15) is 8.42 Å². The fraction of sp³-hybridized carbons (Fsp3) is 1.00. The van der Waals surface area contributed by atoms with Crippen molar-refractivity contribution >= 4 is 10.0 Å². The first-order valence-corrected chi connectivity index (χ1v) is 7.71. The largest absolute Gasteiger partial charge is 0.314 e. The molecule has 2 fully saturated rings. The van der Waals surface area contributed by atoms with E-state index in [4.69, 9.17) is 0 Å². The molecular weight excluding hydrogens is 226 g/mol. The van der Waals surface area contributed by atoms with Crippen LogP contribution in [0.25, 0.3) is 0 Å². The summed E-state index contributed by atoms with van der Waals surface area (Å²) < 4.78 is 25.6. The third-order valence-electron chi connectivity index (χ3n) is 3.36. The first-order valence-electron chi connectivity index (χ1n) is 6.10. The predicted molar refractivity (Wildman–Crippen MR) is 63.9 cm³/mol. The van der Waals surface area contributed by atoms with E-state index in [1.807, 2.05) is 0 Å². The van der Waals surface area contributed by atoms with Crippen LogP contribution in [0, 0.1) is 0 Å². The topological polar surface area (TPSA) is 61.4 Å².